The number of fused-ring (bicyclic) bond motifs is 1. The van der Waals surface area contributed by atoms with Gasteiger partial charge in [-0.25, -0.2) is 8.42 Å². The van der Waals surface area contributed by atoms with E-state index in [9.17, 15) is 22.0 Å². The normalized spacial score (nSPS) is 17.3. The summed E-state index contributed by atoms with van der Waals surface area (Å²) in [6.07, 6.45) is 4.91. The number of ether oxygens (including phenoxy) is 2. The number of sulfonamides is 1. The maximum atomic E-state index is 12.5. The summed E-state index contributed by atoms with van der Waals surface area (Å²) in [6.45, 7) is -2.48. The van der Waals surface area contributed by atoms with Gasteiger partial charge in [-0.05, 0) is 36.3 Å². The number of nitrogens with one attached hydrogen (secondary N) is 1. The van der Waals surface area contributed by atoms with Gasteiger partial charge >= 0.3 is 6.61 Å². The molecule has 2 heterocycles. The molecule has 156 valence electrons. The van der Waals surface area contributed by atoms with Gasteiger partial charge in [0, 0.05) is 19.3 Å². The van der Waals surface area contributed by atoms with Crippen molar-refractivity contribution in [3.8, 4) is 11.5 Å². The minimum absolute atomic E-state index is 0.0730. The van der Waals surface area contributed by atoms with Gasteiger partial charge in [-0.15, -0.1) is 4.40 Å². The number of methoxy groups -OCH3 is 1. The summed E-state index contributed by atoms with van der Waals surface area (Å²) in [5.74, 6) is -0.0624. The van der Waals surface area contributed by atoms with Gasteiger partial charge in [0.2, 0.25) is 0 Å². The molecule has 0 aliphatic carbocycles. The Hall–Kier alpha value is -2.95. The van der Waals surface area contributed by atoms with Crippen LogP contribution < -0.4 is 14.8 Å². The first-order chi connectivity index (χ1) is 13.8. The maximum Gasteiger partial charge on any atom is 0.387 e. The smallest absolute Gasteiger partial charge is 0.387 e. The molecule has 11 heteroatoms. The second-order valence-corrected chi connectivity index (χ2v) is 7.97. The van der Waals surface area contributed by atoms with Crippen molar-refractivity contribution in [2.45, 2.75) is 13.0 Å². The predicted octanol–water partition coefficient (Wildman–Crippen LogP) is 1.45. The highest BCUT2D eigenvalue weighted by atomic mass is 32.2. The number of carbonyl (C=O) groups excluding carboxylic acids is 1. The average Bonchev–Trinajstić information content (AvgIpc) is 2.66. The number of hydrogen-bond acceptors (Lipinski definition) is 6. The van der Waals surface area contributed by atoms with Crippen LogP contribution in [-0.2, 0) is 21.2 Å². The second-order valence-electron chi connectivity index (χ2n) is 6.22. The van der Waals surface area contributed by atoms with E-state index in [2.05, 4.69) is 14.5 Å². The molecule has 8 nitrogen and oxygen atoms in total. The van der Waals surface area contributed by atoms with Gasteiger partial charge < -0.3 is 19.7 Å². The third-order valence-corrected chi connectivity index (χ3v) is 5.39. The number of alkyl halides is 2. The molecule has 0 bridgehead atoms. The summed E-state index contributed by atoms with van der Waals surface area (Å²) in [5, 5.41) is 2.74. The number of rotatable bonds is 7. The van der Waals surface area contributed by atoms with Crippen molar-refractivity contribution in [1.29, 1.82) is 0 Å². The van der Waals surface area contributed by atoms with Crippen molar-refractivity contribution >= 4 is 21.8 Å². The molecule has 0 saturated heterocycles. The van der Waals surface area contributed by atoms with Crippen LogP contribution in [0.5, 0.6) is 11.5 Å². The Kier molecular flexibility index (Phi) is 6.16. The highest BCUT2D eigenvalue weighted by molar-refractivity contribution is 7.90. The van der Waals surface area contributed by atoms with Crippen molar-refractivity contribution < 1.29 is 31.5 Å². The summed E-state index contributed by atoms with van der Waals surface area (Å²) in [6, 6.07) is 4.65. The fourth-order valence-electron chi connectivity index (χ4n) is 2.82. The number of amidine groups is 1. The monoisotopic (exact) mass is 427 g/mol. The molecule has 0 unspecified atom stereocenters. The molecular formula is C18H19F2N3O5S. The van der Waals surface area contributed by atoms with Crippen LogP contribution in [0.3, 0.4) is 0 Å². The van der Waals surface area contributed by atoms with Gasteiger partial charge in [-0.1, -0.05) is 6.07 Å². The van der Waals surface area contributed by atoms with E-state index in [4.69, 9.17) is 4.74 Å². The molecule has 0 spiro atoms. The highest BCUT2D eigenvalue weighted by Gasteiger charge is 2.24. The molecular weight excluding hydrogens is 408 g/mol. The van der Waals surface area contributed by atoms with Gasteiger partial charge in [-0.2, -0.15) is 8.78 Å². The number of halogens is 2. The van der Waals surface area contributed by atoms with Crippen molar-refractivity contribution in [2.75, 3.05) is 26.0 Å². The molecule has 0 saturated carbocycles. The van der Waals surface area contributed by atoms with Crippen LogP contribution in [0, 0.1) is 0 Å². The predicted molar refractivity (Wildman–Crippen MR) is 101 cm³/mol. The molecule has 0 atom stereocenters. The molecule has 1 N–H and O–H groups in total. The summed E-state index contributed by atoms with van der Waals surface area (Å²) >= 11 is 0. The van der Waals surface area contributed by atoms with E-state index in [-0.39, 0.29) is 42.1 Å². The van der Waals surface area contributed by atoms with Crippen molar-refractivity contribution in [1.82, 2.24) is 10.2 Å². The van der Waals surface area contributed by atoms with Crippen LogP contribution in [0.4, 0.5) is 8.78 Å². The Morgan fingerprint density at radius 1 is 1.31 bits per heavy atom. The molecule has 1 amide bonds. The van der Waals surface area contributed by atoms with Crippen LogP contribution in [0.1, 0.15) is 5.56 Å². The van der Waals surface area contributed by atoms with Crippen LogP contribution in [-0.4, -0.2) is 57.6 Å². The van der Waals surface area contributed by atoms with E-state index in [1.165, 1.54) is 31.4 Å². The number of benzene rings is 1. The van der Waals surface area contributed by atoms with E-state index in [1.54, 1.807) is 17.2 Å². The Bertz CT molecular complexity index is 989. The fraction of sp³-hybridized carbons (Fsp3) is 0.333. The van der Waals surface area contributed by atoms with Gasteiger partial charge in [0.25, 0.3) is 15.9 Å². The van der Waals surface area contributed by atoms with Crippen molar-refractivity contribution in [3.05, 3.63) is 47.7 Å². The van der Waals surface area contributed by atoms with Gasteiger partial charge in [-0.3, -0.25) is 4.79 Å². The Morgan fingerprint density at radius 2 is 2.10 bits per heavy atom. The molecule has 3 rings (SSSR count). The zero-order chi connectivity index (χ0) is 21.0. The molecule has 29 heavy (non-hydrogen) atoms. The van der Waals surface area contributed by atoms with Crippen molar-refractivity contribution in [2.24, 2.45) is 4.40 Å². The van der Waals surface area contributed by atoms with E-state index < -0.39 is 16.6 Å². The molecule has 0 aromatic heterocycles. The number of hydrogen-bond donors (Lipinski definition) is 1. The topological polar surface area (TPSA) is 97.3 Å². The fourth-order valence-corrected chi connectivity index (χ4v) is 3.79. The summed E-state index contributed by atoms with van der Waals surface area (Å²) < 4.78 is 61.1. The van der Waals surface area contributed by atoms with E-state index >= 15 is 0 Å². The zero-order valence-electron chi connectivity index (χ0n) is 15.5. The standard InChI is InChI=1S/C18H19F2N3O5S/c1-27-14-4-2-12(10-15(14)28-18(19)20)6-7-21-17(24)13-3-5-16-22-29(25,26)9-8-23(16)11-13/h2-5,10-11,18H,6-9H2,1H3,(H,21,24). The number of amides is 1. The maximum absolute atomic E-state index is 12.5. The largest absolute Gasteiger partial charge is 0.493 e. The lowest BCUT2D eigenvalue weighted by atomic mass is 10.1. The third-order valence-electron chi connectivity index (χ3n) is 4.23. The van der Waals surface area contributed by atoms with E-state index in [0.717, 1.165) is 0 Å². The first-order valence-corrected chi connectivity index (χ1v) is 10.3. The van der Waals surface area contributed by atoms with E-state index in [0.29, 0.717) is 17.6 Å². The lowest BCUT2D eigenvalue weighted by Crippen LogP contribution is -2.38. The number of nitrogens with zero attached hydrogens (tertiary/aromatic N) is 2. The van der Waals surface area contributed by atoms with E-state index in [1.807, 2.05) is 0 Å². The highest BCUT2D eigenvalue weighted by Crippen LogP contribution is 2.29. The Balaban J connectivity index is 1.58. The molecule has 0 fully saturated rings. The lowest BCUT2D eigenvalue weighted by molar-refractivity contribution is -0.117. The molecule has 2 aliphatic rings. The molecule has 0 radical (unpaired) electrons. The summed E-state index contributed by atoms with van der Waals surface area (Å²) in [5.41, 5.74) is 1.05. The van der Waals surface area contributed by atoms with Crippen molar-refractivity contribution in [3.63, 3.8) is 0 Å². The second kappa shape index (κ2) is 8.60. The first-order valence-electron chi connectivity index (χ1n) is 8.66. The van der Waals surface area contributed by atoms with Crippen LogP contribution in [0.15, 0.2) is 46.5 Å². The average molecular weight is 427 g/mol. The minimum atomic E-state index is -3.45. The van der Waals surface area contributed by atoms with Gasteiger partial charge in [0.1, 0.15) is 5.84 Å². The van der Waals surface area contributed by atoms with Crippen LogP contribution >= 0.6 is 0 Å². The Labute approximate surface area is 166 Å². The lowest BCUT2D eigenvalue weighted by Gasteiger charge is -2.26. The van der Waals surface area contributed by atoms with Crippen LogP contribution in [0.25, 0.3) is 0 Å². The molecule has 2 aliphatic heterocycles. The molecule has 1 aromatic carbocycles. The van der Waals surface area contributed by atoms with Crippen LogP contribution in [0.2, 0.25) is 0 Å². The first kappa shape index (κ1) is 20.8. The number of carbonyl (C=O) groups is 1. The minimum Gasteiger partial charge on any atom is -0.493 e. The Morgan fingerprint density at radius 3 is 2.83 bits per heavy atom. The summed E-state index contributed by atoms with van der Waals surface area (Å²) in [4.78, 5) is 13.9. The third kappa shape index (κ3) is 5.31. The summed E-state index contributed by atoms with van der Waals surface area (Å²) in [7, 11) is -2.10. The zero-order valence-corrected chi connectivity index (χ0v) is 16.3. The van der Waals surface area contributed by atoms with Gasteiger partial charge in [0.15, 0.2) is 11.5 Å². The van der Waals surface area contributed by atoms with Gasteiger partial charge in [0.05, 0.1) is 18.4 Å². The molecule has 1 aromatic rings. The quantitative estimate of drug-likeness (QED) is 0.708. The SMILES string of the molecule is COc1ccc(CCNC(=O)C2=CN3CCS(=O)(=O)N=C3C=C2)cc1OC(F)F.